The Hall–Kier alpha value is -0.0800. The van der Waals surface area contributed by atoms with Gasteiger partial charge in [-0.25, -0.2) is 0 Å². The number of hydrogen-bond acceptors (Lipinski definition) is 2. The van der Waals surface area contributed by atoms with E-state index in [1.807, 2.05) is 6.92 Å². The largest absolute Gasteiger partial charge is 0.393 e. The first-order valence-corrected chi connectivity index (χ1v) is 4.51. The fraction of sp³-hybridized carbons (Fsp3) is 1.00. The molecule has 0 amide bonds. The maximum Gasteiger partial charge on any atom is 0.0512 e. The lowest BCUT2D eigenvalue weighted by Gasteiger charge is -2.27. The van der Waals surface area contributed by atoms with Crippen molar-refractivity contribution in [3.05, 3.63) is 0 Å². The van der Waals surface area contributed by atoms with Gasteiger partial charge in [-0.15, -0.1) is 0 Å². The van der Waals surface area contributed by atoms with E-state index in [9.17, 15) is 0 Å². The van der Waals surface area contributed by atoms with E-state index in [0.717, 1.165) is 25.7 Å². The molecule has 0 aliphatic carbocycles. The highest BCUT2D eigenvalue weighted by molar-refractivity contribution is 4.81. The Morgan fingerprint density at radius 2 is 1.82 bits per heavy atom. The molecule has 0 radical (unpaired) electrons. The van der Waals surface area contributed by atoms with Gasteiger partial charge in [0, 0.05) is 5.54 Å². The second-order valence-electron chi connectivity index (χ2n) is 3.46. The third-order valence-electron chi connectivity index (χ3n) is 2.47. The lowest BCUT2D eigenvalue weighted by atomic mass is 9.88. The van der Waals surface area contributed by atoms with Gasteiger partial charge in [0.2, 0.25) is 0 Å². The van der Waals surface area contributed by atoms with Gasteiger partial charge in [-0.3, -0.25) is 0 Å². The lowest BCUT2D eigenvalue weighted by molar-refractivity contribution is 0.166. The van der Waals surface area contributed by atoms with E-state index < -0.39 is 0 Å². The van der Waals surface area contributed by atoms with Crippen LogP contribution in [0, 0.1) is 0 Å². The van der Waals surface area contributed by atoms with Crippen LogP contribution in [0.15, 0.2) is 0 Å². The van der Waals surface area contributed by atoms with Gasteiger partial charge in [-0.05, 0) is 32.6 Å². The van der Waals surface area contributed by atoms with E-state index in [1.165, 1.54) is 0 Å². The van der Waals surface area contributed by atoms with Crippen LogP contribution in [0.5, 0.6) is 0 Å². The first-order valence-electron chi connectivity index (χ1n) is 4.51. The molecule has 0 rings (SSSR count). The summed E-state index contributed by atoms with van der Waals surface area (Å²) in [5, 5.41) is 9.05. The van der Waals surface area contributed by atoms with E-state index in [-0.39, 0.29) is 11.6 Å². The van der Waals surface area contributed by atoms with Gasteiger partial charge in [0.25, 0.3) is 0 Å². The van der Waals surface area contributed by atoms with Gasteiger partial charge in [0.15, 0.2) is 0 Å². The van der Waals surface area contributed by atoms with Gasteiger partial charge in [0.05, 0.1) is 6.10 Å². The molecule has 0 aliphatic heterocycles. The molecule has 0 bridgehead atoms. The van der Waals surface area contributed by atoms with E-state index >= 15 is 0 Å². The molecule has 1 atom stereocenters. The van der Waals surface area contributed by atoms with Crippen LogP contribution in [0.3, 0.4) is 0 Å². The third kappa shape index (κ3) is 4.38. The summed E-state index contributed by atoms with van der Waals surface area (Å²) in [5.41, 5.74) is 5.99. The van der Waals surface area contributed by atoms with Crippen molar-refractivity contribution >= 4 is 0 Å². The predicted octanol–water partition coefficient (Wildman–Crippen LogP) is 1.66. The van der Waals surface area contributed by atoms with Crippen molar-refractivity contribution in [1.29, 1.82) is 0 Å². The Morgan fingerprint density at radius 1 is 1.36 bits per heavy atom. The number of hydrogen-bond donors (Lipinski definition) is 2. The molecule has 2 nitrogen and oxygen atoms in total. The smallest absolute Gasteiger partial charge is 0.0512 e. The Bertz CT molecular complexity index is 97.7. The third-order valence-corrected chi connectivity index (χ3v) is 2.47. The quantitative estimate of drug-likeness (QED) is 0.641. The molecule has 3 N–H and O–H groups in total. The van der Waals surface area contributed by atoms with Crippen LogP contribution in [0.2, 0.25) is 0 Å². The SMILES string of the molecule is CCC(N)(CC)CCC(C)O. The van der Waals surface area contributed by atoms with Crippen molar-refractivity contribution in [3.8, 4) is 0 Å². The van der Waals surface area contributed by atoms with Crippen LogP contribution in [0.1, 0.15) is 46.5 Å². The molecular formula is C9H21NO. The molecular weight excluding hydrogens is 138 g/mol. The van der Waals surface area contributed by atoms with Crippen LogP contribution in [0.25, 0.3) is 0 Å². The maximum absolute atomic E-state index is 9.05. The highest BCUT2D eigenvalue weighted by Gasteiger charge is 2.19. The van der Waals surface area contributed by atoms with E-state index in [1.54, 1.807) is 0 Å². The summed E-state index contributed by atoms with van der Waals surface area (Å²) < 4.78 is 0. The number of aliphatic hydroxyl groups is 1. The highest BCUT2D eigenvalue weighted by Crippen LogP contribution is 2.18. The monoisotopic (exact) mass is 159 g/mol. The zero-order valence-corrected chi connectivity index (χ0v) is 7.93. The second-order valence-corrected chi connectivity index (χ2v) is 3.46. The Kier molecular flexibility index (Phi) is 4.69. The normalized spacial score (nSPS) is 15.0. The summed E-state index contributed by atoms with van der Waals surface area (Å²) in [6.07, 6.45) is 3.53. The first-order chi connectivity index (χ1) is 5.04. The molecule has 0 aromatic heterocycles. The molecule has 0 fully saturated rings. The van der Waals surface area contributed by atoms with Crippen LogP contribution >= 0.6 is 0 Å². The summed E-state index contributed by atoms with van der Waals surface area (Å²) in [4.78, 5) is 0. The van der Waals surface area contributed by atoms with Crippen LogP contribution in [-0.4, -0.2) is 16.7 Å². The van der Waals surface area contributed by atoms with Crippen molar-refractivity contribution in [2.45, 2.75) is 58.1 Å². The van der Waals surface area contributed by atoms with Gasteiger partial charge < -0.3 is 10.8 Å². The van der Waals surface area contributed by atoms with Gasteiger partial charge >= 0.3 is 0 Å². The van der Waals surface area contributed by atoms with Gasteiger partial charge in [-0.2, -0.15) is 0 Å². The topological polar surface area (TPSA) is 46.2 Å². The van der Waals surface area contributed by atoms with Crippen LogP contribution < -0.4 is 5.73 Å². The average molecular weight is 159 g/mol. The van der Waals surface area contributed by atoms with Gasteiger partial charge in [0.1, 0.15) is 0 Å². The highest BCUT2D eigenvalue weighted by atomic mass is 16.3. The molecule has 11 heavy (non-hydrogen) atoms. The summed E-state index contributed by atoms with van der Waals surface area (Å²) in [6, 6.07) is 0. The molecule has 0 aliphatic rings. The van der Waals surface area contributed by atoms with Crippen molar-refractivity contribution in [2.24, 2.45) is 5.73 Å². The number of aliphatic hydroxyl groups excluding tert-OH is 1. The molecule has 0 aromatic rings. The van der Waals surface area contributed by atoms with E-state index in [4.69, 9.17) is 10.8 Å². The molecule has 0 saturated heterocycles. The fourth-order valence-corrected chi connectivity index (χ4v) is 1.10. The standard InChI is InChI=1S/C9H21NO/c1-4-9(10,5-2)7-6-8(3)11/h8,11H,4-7,10H2,1-3H3. The number of nitrogens with two attached hydrogens (primary N) is 1. The molecule has 68 valence electrons. The minimum Gasteiger partial charge on any atom is -0.393 e. The molecule has 0 aromatic carbocycles. The van der Waals surface area contributed by atoms with Crippen LogP contribution in [-0.2, 0) is 0 Å². The summed E-state index contributed by atoms with van der Waals surface area (Å²) in [5.74, 6) is 0. The summed E-state index contributed by atoms with van der Waals surface area (Å²) >= 11 is 0. The van der Waals surface area contributed by atoms with Crippen molar-refractivity contribution in [1.82, 2.24) is 0 Å². The summed E-state index contributed by atoms with van der Waals surface area (Å²) in [6.45, 7) is 6.02. The maximum atomic E-state index is 9.05. The Morgan fingerprint density at radius 3 is 2.09 bits per heavy atom. The van der Waals surface area contributed by atoms with E-state index in [2.05, 4.69) is 13.8 Å². The molecule has 0 spiro atoms. The Balaban J connectivity index is 3.69. The average Bonchev–Trinajstić information content (AvgIpc) is 2.00. The lowest BCUT2D eigenvalue weighted by Crippen LogP contribution is -2.38. The van der Waals surface area contributed by atoms with Gasteiger partial charge in [-0.1, -0.05) is 13.8 Å². The molecule has 2 heteroatoms. The van der Waals surface area contributed by atoms with Crippen LogP contribution in [0.4, 0.5) is 0 Å². The van der Waals surface area contributed by atoms with Crippen molar-refractivity contribution in [2.75, 3.05) is 0 Å². The van der Waals surface area contributed by atoms with Crippen molar-refractivity contribution < 1.29 is 5.11 Å². The molecule has 0 saturated carbocycles. The second kappa shape index (κ2) is 4.73. The molecule has 1 unspecified atom stereocenters. The zero-order chi connectivity index (χ0) is 8.91. The predicted molar refractivity (Wildman–Crippen MR) is 48.4 cm³/mol. The van der Waals surface area contributed by atoms with Crippen molar-refractivity contribution in [3.63, 3.8) is 0 Å². The first kappa shape index (κ1) is 10.9. The summed E-state index contributed by atoms with van der Waals surface area (Å²) in [7, 11) is 0. The molecule has 0 heterocycles. The Labute approximate surface area is 69.8 Å². The number of rotatable bonds is 5. The fourth-order valence-electron chi connectivity index (χ4n) is 1.10. The van der Waals surface area contributed by atoms with E-state index in [0.29, 0.717) is 0 Å². The minimum atomic E-state index is -0.212. The zero-order valence-electron chi connectivity index (χ0n) is 7.93. The minimum absolute atomic E-state index is 0.0447.